The van der Waals surface area contributed by atoms with E-state index < -0.39 is 6.04 Å². The molecule has 6 rings (SSSR count). The number of hydrogen-bond donors (Lipinski definition) is 0. The second-order valence-corrected chi connectivity index (χ2v) is 8.23. The highest BCUT2D eigenvalue weighted by Crippen LogP contribution is 2.38. The van der Waals surface area contributed by atoms with Crippen LogP contribution in [0.5, 0.6) is 17.2 Å². The van der Waals surface area contributed by atoms with E-state index in [1.54, 1.807) is 34.2 Å². The summed E-state index contributed by atoms with van der Waals surface area (Å²) in [6, 6.07) is 17.5. The van der Waals surface area contributed by atoms with Crippen LogP contribution in [0.15, 0.2) is 66.9 Å². The molecule has 1 aromatic heterocycles. The van der Waals surface area contributed by atoms with Crippen molar-refractivity contribution in [3.05, 3.63) is 78.1 Å². The van der Waals surface area contributed by atoms with Gasteiger partial charge in [0.05, 0.1) is 24.5 Å². The fraction of sp³-hybridized carbons (Fsp3) is 0.240. The van der Waals surface area contributed by atoms with Gasteiger partial charge in [-0.25, -0.2) is 0 Å². The van der Waals surface area contributed by atoms with Gasteiger partial charge in [0.15, 0.2) is 11.5 Å². The Morgan fingerprint density at radius 3 is 2.73 bits per heavy atom. The first-order valence-electron chi connectivity index (χ1n) is 10.8. The van der Waals surface area contributed by atoms with Crippen molar-refractivity contribution in [1.82, 2.24) is 9.88 Å². The van der Waals surface area contributed by atoms with Gasteiger partial charge in [0.1, 0.15) is 17.9 Å². The van der Waals surface area contributed by atoms with E-state index in [4.69, 9.17) is 14.2 Å². The fourth-order valence-electron chi connectivity index (χ4n) is 4.61. The van der Waals surface area contributed by atoms with Crippen molar-refractivity contribution < 1.29 is 23.8 Å². The molecule has 0 radical (unpaired) electrons. The molecule has 3 aliphatic heterocycles. The molecule has 1 saturated heterocycles. The Kier molecular flexibility index (Phi) is 4.64. The highest BCUT2D eigenvalue weighted by Gasteiger charge is 2.45. The Balaban J connectivity index is 1.35. The van der Waals surface area contributed by atoms with Gasteiger partial charge in [-0.1, -0.05) is 18.2 Å². The van der Waals surface area contributed by atoms with E-state index in [0.29, 0.717) is 41.5 Å². The number of hydrogen-bond acceptors (Lipinski definition) is 6. The molecule has 2 bridgehead atoms. The highest BCUT2D eigenvalue weighted by atomic mass is 16.7. The minimum atomic E-state index is -0.634. The molecule has 3 aromatic rings. The summed E-state index contributed by atoms with van der Waals surface area (Å²) in [7, 11) is 0. The third kappa shape index (κ3) is 3.44. The van der Waals surface area contributed by atoms with E-state index in [0.717, 1.165) is 5.69 Å². The molecule has 1 fully saturated rings. The molecule has 0 unspecified atom stereocenters. The van der Waals surface area contributed by atoms with E-state index in [1.807, 2.05) is 42.5 Å². The van der Waals surface area contributed by atoms with Gasteiger partial charge in [0.2, 0.25) is 12.7 Å². The lowest BCUT2D eigenvalue weighted by atomic mass is 10.1. The number of carbonyl (C=O) groups is 2. The number of fused-ring (bicyclic) bond motifs is 4. The minimum Gasteiger partial charge on any atom is -0.486 e. The fourth-order valence-corrected chi connectivity index (χ4v) is 4.61. The molecule has 2 atom stereocenters. The van der Waals surface area contributed by atoms with Gasteiger partial charge >= 0.3 is 0 Å². The van der Waals surface area contributed by atoms with Crippen molar-refractivity contribution in [2.75, 3.05) is 18.2 Å². The first-order chi connectivity index (χ1) is 16.2. The average molecular weight is 443 g/mol. The maximum absolute atomic E-state index is 13.9. The zero-order chi connectivity index (χ0) is 22.4. The summed E-state index contributed by atoms with van der Waals surface area (Å²) >= 11 is 0. The van der Waals surface area contributed by atoms with Crippen LogP contribution in [0.1, 0.15) is 22.5 Å². The van der Waals surface area contributed by atoms with Crippen molar-refractivity contribution in [3.63, 3.8) is 0 Å². The van der Waals surface area contributed by atoms with Crippen molar-refractivity contribution in [3.8, 4) is 17.2 Å². The number of likely N-dealkylation sites (tertiary alicyclic amines) is 1. The lowest BCUT2D eigenvalue weighted by molar-refractivity contribution is -0.122. The van der Waals surface area contributed by atoms with Crippen molar-refractivity contribution in [1.29, 1.82) is 0 Å². The van der Waals surface area contributed by atoms with Gasteiger partial charge in [0, 0.05) is 18.2 Å². The third-order valence-electron chi connectivity index (χ3n) is 6.19. The number of carbonyl (C=O) groups excluding carboxylic acids is 2. The number of ether oxygens (including phenoxy) is 3. The topological polar surface area (TPSA) is 81.2 Å². The van der Waals surface area contributed by atoms with Crippen LogP contribution in [-0.2, 0) is 11.3 Å². The van der Waals surface area contributed by atoms with Gasteiger partial charge in [-0.3, -0.25) is 14.6 Å². The smallest absolute Gasteiger partial charge is 0.254 e. The quantitative estimate of drug-likeness (QED) is 0.619. The predicted octanol–water partition coefficient (Wildman–Crippen LogP) is 3.02. The second-order valence-electron chi connectivity index (χ2n) is 8.23. The van der Waals surface area contributed by atoms with E-state index in [9.17, 15) is 9.59 Å². The Hall–Kier alpha value is -4.07. The van der Waals surface area contributed by atoms with Crippen molar-refractivity contribution in [2.45, 2.75) is 25.1 Å². The van der Waals surface area contributed by atoms with Gasteiger partial charge in [-0.15, -0.1) is 0 Å². The van der Waals surface area contributed by atoms with E-state index in [1.165, 1.54) is 0 Å². The molecule has 2 aromatic carbocycles. The maximum atomic E-state index is 13.9. The number of amides is 2. The average Bonchev–Trinajstić information content (AvgIpc) is 3.49. The Bertz CT molecular complexity index is 1230. The van der Waals surface area contributed by atoms with Crippen LogP contribution in [0.2, 0.25) is 0 Å². The summed E-state index contributed by atoms with van der Waals surface area (Å²) in [5.41, 5.74) is 1.88. The van der Waals surface area contributed by atoms with Crippen molar-refractivity contribution in [2.24, 2.45) is 0 Å². The molecule has 0 saturated carbocycles. The summed E-state index contributed by atoms with van der Waals surface area (Å²) in [6.07, 6.45) is 1.87. The van der Waals surface area contributed by atoms with Crippen LogP contribution in [-0.4, -0.2) is 47.2 Å². The number of para-hydroxylation sites is 2. The first kappa shape index (κ1) is 19.6. The normalized spacial score (nSPS) is 20.7. The lowest BCUT2D eigenvalue weighted by Crippen LogP contribution is -2.48. The van der Waals surface area contributed by atoms with Gasteiger partial charge in [-0.2, -0.15) is 0 Å². The molecule has 4 heterocycles. The highest BCUT2D eigenvalue weighted by molar-refractivity contribution is 6.04. The molecule has 0 spiro atoms. The minimum absolute atomic E-state index is 0.133. The second kappa shape index (κ2) is 7.81. The van der Waals surface area contributed by atoms with Crippen LogP contribution < -0.4 is 19.1 Å². The summed E-state index contributed by atoms with van der Waals surface area (Å²) in [5.74, 6) is 1.39. The first-order valence-corrected chi connectivity index (χ1v) is 10.8. The zero-order valence-electron chi connectivity index (χ0n) is 17.7. The molecular formula is C25H21N3O5. The number of aromatic nitrogens is 1. The third-order valence-corrected chi connectivity index (χ3v) is 6.19. The molecule has 3 aliphatic rings. The largest absolute Gasteiger partial charge is 0.486 e. The molecule has 33 heavy (non-hydrogen) atoms. The Morgan fingerprint density at radius 1 is 1.00 bits per heavy atom. The number of anilines is 1. The summed E-state index contributed by atoms with van der Waals surface area (Å²) < 4.78 is 17.1. The standard InChI is InChI=1S/C25H21N3O5/c29-24(16-8-9-22-23(11-16)32-15-31-22)28-14-18-12-20(28)25(30)27(13-17-5-3-4-10-26-17)19-6-1-2-7-21(19)33-18/h1-11,18,20H,12-15H2/t18-,20-/m0/s1. The van der Waals surface area contributed by atoms with Crippen LogP contribution in [0.4, 0.5) is 5.69 Å². The molecule has 0 aliphatic carbocycles. The summed E-state index contributed by atoms with van der Waals surface area (Å²) in [5, 5.41) is 0. The Labute approximate surface area is 190 Å². The van der Waals surface area contributed by atoms with Crippen LogP contribution in [0, 0.1) is 0 Å². The number of rotatable bonds is 3. The predicted molar refractivity (Wildman–Crippen MR) is 118 cm³/mol. The van der Waals surface area contributed by atoms with Gasteiger partial charge < -0.3 is 24.0 Å². The number of benzene rings is 2. The number of nitrogens with zero attached hydrogens (tertiary/aromatic N) is 3. The summed E-state index contributed by atoms with van der Waals surface area (Å²) in [6.45, 7) is 0.747. The van der Waals surface area contributed by atoms with Crippen LogP contribution >= 0.6 is 0 Å². The maximum Gasteiger partial charge on any atom is 0.254 e. The summed E-state index contributed by atoms with van der Waals surface area (Å²) in [4.78, 5) is 35.0. The van der Waals surface area contributed by atoms with E-state index >= 15 is 0 Å². The molecule has 0 N–H and O–H groups in total. The molecule has 2 amide bonds. The molecule has 8 heteroatoms. The number of pyridine rings is 1. The lowest BCUT2D eigenvalue weighted by Gasteiger charge is -2.31. The monoisotopic (exact) mass is 443 g/mol. The van der Waals surface area contributed by atoms with Gasteiger partial charge in [-0.05, 0) is 42.5 Å². The zero-order valence-corrected chi connectivity index (χ0v) is 17.7. The van der Waals surface area contributed by atoms with Crippen LogP contribution in [0.3, 0.4) is 0 Å². The van der Waals surface area contributed by atoms with Crippen LogP contribution in [0.25, 0.3) is 0 Å². The SMILES string of the molecule is O=C1[C@@H]2C[C@@H](CN2C(=O)c2ccc3c(c2)OCO3)Oc2ccccc2N1Cc1ccccn1. The van der Waals surface area contributed by atoms with Crippen molar-refractivity contribution >= 4 is 17.5 Å². The molecular weight excluding hydrogens is 422 g/mol. The van der Waals surface area contributed by atoms with E-state index in [-0.39, 0.29) is 31.3 Å². The van der Waals surface area contributed by atoms with Gasteiger partial charge in [0.25, 0.3) is 5.91 Å². The molecule has 166 valence electrons. The molecule has 8 nitrogen and oxygen atoms in total. The van der Waals surface area contributed by atoms with E-state index in [2.05, 4.69) is 4.98 Å². The Morgan fingerprint density at radius 2 is 1.85 bits per heavy atom.